The molecule has 1 unspecified atom stereocenters. The van der Waals surface area contributed by atoms with Crippen molar-refractivity contribution in [1.82, 2.24) is 0 Å². The Morgan fingerprint density at radius 3 is 2.93 bits per heavy atom. The lowest BCUT2D eigenvalue weighted by Crippen LogP contribution is -2.17. The normalized spacial score (nSPS) is 16.5. The topological polar surface area (TPSA) is 37.4 Å². The second-order valence-electron chi connectivity index (χ2n) is 3.06. The van der Waals surface area contributed by atoms with Crippen LogP contribution >= 0.6 is 10.7 Å². The van der Waals surface area contributed by atoms with Crippen molar-refractivity contribution >= 4 is 32.8 Å². The Bertz CT molecular complexity index is 408. The van der Waals surface area contributed by atoms with Gasteiger partial charge in [-0.1, -0.05) is 0 Å². The molecule has 0 saturated carbocycles. The van der Waals surface area contributed by atoms with Crippen LogP contribution in [-0.2, 0) is 21.2 Å². The smallest absolute Gasteiger partial charge is 0.214 e. The zero-order chi connectivity index (χ0) is 10.1. The predicted molar refractivity (Wildman–Crippen MR) is 55.8 cm³/mol. The first-order chi connectivity index (χ1) is 6.72. The molecule has 3 nitrogen and oxygen atoms in total. The second kappa shape index (κ2) is 3.71. The molecule has 1 amide bonds. The maximum Gasteiger partial charge on any atom is 0.214 e. The van der Waals surface area contributed by atoms with Crippen molar-refractivity contribution in [3.63, 3.8) is 0 Å². The maximum absolute atomic E-state index is 11.0. The van der Waals surface area contributed by atoms with Gasteiger partial charge in [0.15, 0.2) is 0 Å². The molecule has 14 heavy (non-hydrogen) atoms. The molecule has 2 rings (SSSR count). The number of fused-ring (bicyclic) bond motifs is 1. The third kappa shape index (κ3) is 1.55. The lowest BCUT2D eigenvalue weighted by Gasteiger charge is -2.09. The number of anilines is 1. The van der Waals surface area contributed by atoms with E-state index in [0.717, 1.165) is 24.1 Å². The van der Waals surface area contributed by atoms with Crippen LogP contribution in [0.5, 0.6) is 0 Å². The number of benzene rings is 1. The summed E-state index contributed by atoms with van der Waals surface area (Å²) in [5.41, 5.74) is 1.93. The summed E-state index contributed by atoms with van der Waals surface area (Å²) in [6.07, 6.45) is 1.61. The van der Waals surface area contributed by atoms with E-state index in [-0.39, 0.29) is 0 Å². The number of rotatable bonds is 2. The van der Waals surface area contributed by atoms with Gasteiger partial charge in [-0.25, -0.2) is 4.21 Å². The van der Waals surface area contributed by atoms with Crippen molar-refractivity contribution < 1.29 is 9.00 Å². The Morgan fingerprint density at radius 1 is 1.50 bits per heavy atom. The third-order valence-corrected chi connectivity index (χ3v) is 3.45. The molecule has 0 aliphatic carbocycles. The molecule has 1 heterocycles. The van der Waals surface area contributed by atoms with Gasteiger partial charge in [-0.2, -0.15) is 0 Å². The minimum atomic E-state index is -1.47. The highest BCUT2D eigenvalue weighted by atomic mass is 35.7. The molecule has 0 bridgehead atoms. The van der Waals surface area contributed by atoms with Crippen LogP contribution in [0.15, 0.2) is 23.1 Å². The average molecular weight is 230 g/mol. The molecule has 1 aliphatic heterocycles. The van der Waals surface area contributed by atoms with E-state index in [1.54, 1.807) is 23.1 Å². The van der Waals surface area contributed by atoms with Gasteiger partial charge in [0.25, 0.3) is 0 Å². The van der Waals surface area contributed by atoms with Gasteiger partial charge in [-0.15, -0.1) is 0 Å². The van der Waals surface area contributed by atoms with Crippen LogP contribution in [0, 0.1) is 0 Å². The first-order valence-electron chi connectivity index (χ1n) is 4.15. The Labute approximate surface area is 88.6 Å². The first-order valence-corrected chi connectivity index (χ1v) is 6.13. The van der Waals surface area contributed by atoms with Crippen molar-refractivity contribution in [1.29, 1.82) is 0 Å². The van der Waals surface area contributed by atoms with E-state index in [9.17, 15) is 9.00 Å². The number of hydrogen-bond acceptors (Lipinski definition) is 2. The molecular weight excluding hydrogens is 222 g/mol. The molecule has 0 aromatic heterocycles. The van der Waals surface area contributed by atoms with E-state index in [0.29, 0.717) is 11.4 Å². The number of hydrogen-bond donors (Lipinski definition) is 0. The standard InChI is InChI=1S/C9H8ClNO2S/c10-14(13)8-1-2-9-7(5-8)3-4-11(9)6-12/h1-2,5-6H,3-4H2. The summed E-state index contributed by atoms with van der Waals surface area (Å²) < 4.78 is 11.0. The molecule has 74 valence electrons. The van der Waals surface area contributed by atoms with Gasteiger partial charge in [0.2, 0.25) is 6.41 Å². The van der Waals surface area contributed by atoms with Crippen LogP contribution in [-0.4, -0.2) is 17.2 Å². The Kier molecular flexibility index (Phi) is 2.56. The minimum Gasteiger partial charge on any atom is -0.314 e. The largest absolute Gasteiger partial charge is 0.314 e. The molecule has 5 heteroatoms. The molecule has 0 spiro atoms. The SMILES string of the molecule is O=CN1CCc2cc(S(=O)Cl)ccc21. The highest BCUT2D eigenvalue weighted by Gasteiger charge is 2.18. The van der Waals surface area contributed by atoms with Crippen LogP contribution in [0.3, 0.4) is 0 Å². The molecule has 0 N–H and O–H groups in total. The fourth-order valence-corrected chi connectivity index (χ4v) is 2.31. The zero-order valence-corrected chi connectivity index (χ0v) is 8.85. The number of halogens is 1. The predicted octanol–water partition coefficient (Wildman–Crippen LogP) is 1.47. The summed E-state index contributed by atoms with van der Waals surface area (Å²) in [5.74, 6) is 0. The van der Waals surface area contributed by atoms with Crippen LogP contribution in [0.25, 0.3) is 0 Å². The quantitative estimate of drug-likeness (QED) is 0.569. The van der Waals surface area contributed by atoms with Crippen molar-refractivity contribution in [2.75, 3.05) is 11.4 Å². The first kappa shape index (κ1) is 9.68. The van der Waals surface area contributed by atoms with E-state index < -0.39 is 10.0 Å². The number of nitrogens with zero attached hydrogens (tertiary/aromatic N) is 1. The van der Waals surface area contributed by atoms with E-state index in [4.69, 9.17) is 10.7 Å². The van der Waals surface area contributed by atoms with E-state index in [2.05, 4.69) is 0 Å². The van der Waals surface area contributed by atoms with Crippen LogP contribution in [0.4, 0.5) is 5.69 Å². The van der Waals surface area contributed by atoms with Crippen LogP contribution < -0.4 is 4.90 Å². The molecule has 0 saturated heterocycles. The molecule has 1 aromatic carbocycles. The summed E-state index contributed by atoms with van der Waals surface area (Å²) in [6, 6.07) is 5.26. The molecular formula is C9H8ClNO2S. The molecule has 1 atom stereocenters. The van der Waals surface area contributed by atoms with E-state index in [1.807, 2.05) is 0 Å². The fourth-order valence-electron chi connectivity index (χ4n) is 1.61. The fraction of sp³-hybridized carbons (Fsp3) is 0.222. The Morgan fingerprint density at radius 2 is 2.29 bits per heavy atom. The molecule has 1 aromatic rings. The highest BCUT2D eigenvalue weighted by molar-refractivity contribution is 8.08. The molecule has 0 radical (unpaired) electrons. The Balaban J connectivity index is 2.43. The lowest BCUT2D eigenvalue weighted by molar-refractivity contribution is -0.107. The van der Waals surface area contributed by atoms with Gasteiger partial charge in [0.1, 0.15) is 10.0 Å². The van der Waals surface area contributed by atoms with Crippen molar-refractivity contribution in [2.24, 2.45) is 0 Å². The Hall–Kier alpha value is -0.870. The lowest BCUT2D eigenvalue weighted by atomic mass is 10.2. The van der Waals surface area contributed by atoms with Crippen molar-refractivity contribution in [3.8, 4) is 0 Å². The monoisotopic (exact) mass is 229 g/mol. The number of carbonyl (C=O) groups is 1. The minimum absolute atomic E-state index is 0.596. The van der Waals surface area contributed by atoms with Crippen molar-refractivity contribution in [3.05, 3.63) is 23.8 Å². The summed E-state index contributed by atoms with van der Waals surface area (Å²) in [6.45, 7) is 0.692. The third-order valence-electron chi connectivity index (χ3n) is 2.29. The van der Waals surface area contributed by atoms with E-state index >= 15 is 0 Å². The van der Waals surface area contributed by atoms with Gasteiger partial charge < -0.3 is 4.90 Å². The van der Waals surface area contributed by atoms with E-state index in [1.165, 1.54) is 0 Å². The molecule has 1 aliphatic rings. The maximum atomic E-state index is 11.0. The van der Waals surface area contributed by atoms with Crippen LogP contribution in [0.2, 0.25) is 0 Å². The van der Waals surface area contributed by atoms with Crippen LogP contribution in [0.1, 0.15) is 5.56 Å². The van der Waals surface area contributed by atoms with Gasteiger partial charge >= 0.3 is 0 Å². The summed E-state index contributed by atoms with van der Waals surface area (Å²) in [5, 5.41) is 0. The molecule has 0 fully saturated rings. The number of carbonyl (C=O) groups excluding carboxylic acids is 1. The summed E-state index contributed by atoms with van der Waals surface area (Å²) >= 11 is 0. The van der Waals surface area contributed by atoms with Gasteiger partial charge in [0, 0.05) is 12.2 Å². The van der Waals surface area contributed by atoms with Gasteiger partial charge in [-0.05, 0) is 40.9 Å². The summed E-state index contributed by atoms with van der Waals surface area (Å²) in [4.78, 5) is 12.9. The van der Waals surface area contributed by atoms with Gasteiger partial charge in [0.05, 0.1) is 4.90 Å². The zero-order valence-electron chi connectivity index (χ0n) is 7.27. The average Bonchev–Trinajstić information content (AvgIpc) is 2.59. The number of amides is 1. The highest BCUT2D eigenvalue weighted by Crippen LogP contribution is 2.28. The van der Waals surface area contributed by atoms with Gasteiger partial charge in [-0.3, -0.25) is 4.79 Å². The summed E-state index contributed by atoms with van der Waals surface area (Å²) in [7, 11) is 4.00. The second-order valence-corrected chi connectivity index (χ2v) is 4.82. The van der Waals surface area contributed by atoms with Crippen molar-refractivity contribution in [2.45, 2.75) is 11.3 Å².